The zero-order valence-electron chi connectivity index (χ0n) is 21.9. The first-order valence-corrected chi connectivity index (χ1v) is 13.1. The number of aliphatic imine (C=N–C) groups is 1. The molecule has 0 aromatic heterocycles. The van der Waals surface area contributed by atoms with Crippen molar-refractivity contribution in [2.45, 2.75) is 58.7 Å². The van der Waals surface area contributed by atoms with E-state index in [9.17, 15) is 19.5 Å². The summed E-state index contributed by atoms with van der Waals surface area (Å²) in [4.78, 5) is 43.7. The summed E-state index contributed by atoms with van der Waals surface area (Å²) >= 11 is 12.5. The highest BCUT2D eigenvalue weighted by molar-refractivity contribution is 6.47. The molecule has 10 heteroatoms. The summed E-state index contributed by atoms with van der Waals surface area (Å²) < 4.78 is 0. The van der Waals surface area contributed by atoms with Gasteiger partial charge in [-0.15, -0.1) is 0 Å². The molecule has 2 amide bonds. The molecule has 0 radical (unpaired) electrons. The normalized spacial score (nSPS) is 18.3. The third-order valence-electron chi connectivity index (χ3n) is 6.32. The third-order valence-corrected chi connectivity index (χ3v) is 6.75. The largest absolute Gasteiger partial charge is 0.481 e. The van der Waals surface area contributed by atoms with Crippen LogP contribution in [0.5, 0.6) is 0 Å². The van der Waals surface area contributed by atoms with E-state index < -0.39 is 17.7 Å². The molecule has 38 heavy (non-hydrogen) atoms. The average molecular weight is 562 g/mol. The molecule has 0 saturated heterocycles. The Labute approximate surface area is 232 Å². The van der Waals surface area contributed by atoms with Crippen molar-refractivity contribution < 1.29 is 24.6 Å². The van der Waals surface area contributed by atoms with Crippen LogP contribution in [0.25, 0.3) is 0 Å². The van der Waals surface area contributed by atoms with Gasteiger partial charge in [0.2, 0.25) is 0 Å². The van der Waals surface area contributed by atoms with Gasteiger partial charge in [0.05, 0.1) is 12.5 Å². The first-order chi connectivity index (χ1) is 17.8. The number of hydrogen-bond acceptors (Lipinski definition) is 5. The Bertz CT molecular complexity index is 1220. The fourth-order valence-corrected chi connectivity index (χ4v) is 5.42. The van der Waals surface area contributed by atoms with Crippen LogP contribution in [-0.2, 0) is 9.59 Å². The minimum Gasteiger partial charge on any atom is -0.481 e. The van der Waals surface area contributed by atoms with E-state index in [1.54, 1.807) is 47.4 Å². The molecule has 0 aliphatic carbocycles. The summed E-state index contributed by atoms with van der Waals surface area (Å²) in [5, 5.41) is 22.2. The van der Waals surface area contributed by atoms with Gasteiger partial charge in [-0.25, -0.2) is 0 Å². The number of aliphatic carboxylic acids is 1. The van der Waals surface area contributed by atoms with E-state index in [4.69, 9.17) is 33.3 Å². The van der Waals surface area contributed by atoms with E-state index in [2.05, 4.69) is 26.1 Å². The number of rotatable bonds is 10. The first kappa shape index (κ1) is 29.6. The fourth-order valence-electron chi connectivity index (χ4n) is 4.89. The summed E-state index contributed by atoms with van der Waals surface area (Å²) in [5.74, 6) is -1.68. The highest BCUT2D eigenvalue weighted by Gasteiger charge is 2.50. The smallest absolute Gasteiger partial charge is 0.305 e. The van der Waals surface area contributed by atoms with Gasteiger partial charge in [-0.1, -0.05) is 56.1 Å². The van der Waals surface area contributed by atoms with Crippen molar-refractivity contribution in [1.82, 2.24) is 10.2 Å². The molecule has 2 atom stereocenters. The van der Waals surface area contributed by atoms with Crippen LogP contribution in [0.3, 0.4) is 0 Å². The van der Waals surface area contributed by atoms with Gasteiger partial charge in [0.25, 0.3) is 11.8 Å². The number of nitrogens with one attached hydrogen (secondary N) is 1. The predicted octanol–water partition coefficient (Wildman–Crippen LogP) is 5.11. The van der Waals surface area contributed by atoms with Crippen molar-refractivity contribution in [2.75, 3.05) is 13.2 Å². The molecule has 204 valence electrons. The van der Waals surface area contributed by atoms with Crippen LogP contribution in [0.1, 0.15) is 74.5 Å². The minimum absolute atomic E-state index is 0.0265. The lowest BCUT2D eigenvalue weighted by Gasteiger charge is -2.43. The van der Waals surface area contributed by atoms with Crippen molar-refractivity contribution in [1.29, 1.82) is 0 Å². The number of carbonyl (C=O) groups excluding carboxylic acids is 2. The topological polar surface area (TPSA) is 119 Å². The van der Waals surface area contributed by atoms with Crippen LogP contribution in [0.2, 0.25) is 10.0 Å². The highest BCUT2D eigenvalue weighted by Crippen LogP contribution is 2.44. The molecule has 0 saturated carbocycles. The molecule has 8 nitrogen and oxygen atoms in total. The molecular weight excluding hydrogens is 529 g/mol. The lowest BCUT2D eigenvalue weighted by molar-refractivity contribution is -0.137. The number of nitrogens with zero attached hydrogens (tertiary/aromatic N) is 2. The number of benzene rings is 2. The Morgan fingerprint density at radius 3 is 2.24 bits per heavy atom. The lowest BCUT2D eigenvalue weighted by atomic mass is 9.82. The number of carbonyl (C=O) groups is 3. The molecule has 1 heterocycles. The van der Waals surface area contributed by atoms with Crippen LogP contribution in [0.4, 0.5) is 0 Å². The van der Waals surface area contributed by atoms with Crippen LogP contribution >= 0.6 is 23.2 Å². The maximum atomic E-state index is 14.0. The number of aliphatic hydroxyl groups is 1. The molecule has 1 aliphatic rings. The van der Waals surface area contributed by atoms with Crippen molar-refractivity contribution in [3.05, 3.63) is 69.2 Å². The second-order valence-corrected chi connectivity index (χ2v) is 11.6. The monoisotopic (exact) mass is 561 g/mol. The number of carboxylic acid groups (broad SMARTS) is 1. The molecule has 3 rings (SSSR count). The van der Waals surface area contributed by atoms with Gasteiger partial charge >= 0.3 is 5.97 Å². The zero-order valence-corrected chi connectivity index (χ0v) is 23.4. The molecule has 1 aliphatic heterocycles. The van der Waals surface area contributed by atoms with Crippen molar-refractivity contribution in [3.63, 3.8) is 0 Å². The molecule has 0 fully saturated rings. The number of hydrogen-bond donors (Lipinski definition) is 3. The third kappa shape index (κ3) is 6.92. The Kier molecular flexibility index (Phi) is 9.23. The van der Waals surface area contributed by atoms with Gasteiger partial charge in [-0.3, -0.25) is 19.4 Å². The average Bonchev–Trinajstić information content (AvgIpc) is 3.08. The van der Waals surface area contributed by atoms with Crippen molar-refractivity contribution >= 4 is 46.7 Å². The van der Waals surface area contributed by atoms with Crippen LogP contribution in [0.15, 0.2) is 47.5 Å². The summed E-state index contributed by atoms with van der Waals surface area (Å²) in [6, 6.07) is 11.2. The summed E-state index contributed by atoms with van der Waals surface area (Å²) in [5.41, 5.74) is 0.648. The van der Waals surface area contributed by atoms with E-state index in [1.165, 1.54) is 0 Å². The second kappa shape index (κ2) is 11.8. The van der Waals surface area contributed by atoms with Crippen LogP contribution < -0.4 is 5.32 Å². The second-order valence-electron chi connectivity index (χ2n) is 10.7. The van der Waals surface area contributed by atoms with Crippen LogP contribution in [0, 0.1) is 5.41 Å². The van der Waals surface area contributed by atoms with Crippen molar-refractivity contribution in [3.8, 4) is 0 Å². The standard InChI is InChI=1S/C28H33Cl2N3O5/c1-17(18-5-7-19(8-6-18)25(37)31-11-9-23(35)36)33-26(38)24(20-13-21(29)15-22(30)14-20)32-28(33,10-12-34)16-27(2,3)4/h5-8,13-15,17,34H,9-12,16H2,1-4H3,(H,31,37)(H,35,36)/t17-,28-/m1/s1. The molecule has 3 N–H and O–H groups in total. The summed E-state index contributed by atoms with van der Waals surface area (Å²) in [6.45, 7) is 7.91. The Morgan fingerprint density at radius 1 is 1.11 bits per heavy atom. The maximum absolute atomic E-state index is 14.0. The number of carboxylic acids is 1. The molecule has 2 aromatic carbocycles. The van der Waals surface area contributed by atoms with Gasteiger partial charge in [-0.05, 0) is 54.7 Å². The number of halogens is 2. The lowest BCUT2D eigenvalue weighted by Crippen LogP contribution is -2.50. The SMILES string of the molecule is C[C@H](c1ccc(C(=O)NCCC(=O)O)cc1)N1C(=O)C(c2cc(Cl)cc(Cl)c2)=N[C@@]1(CCO)CC(C)(C)C. The number of amides is 2. The van der Waals surface area contributed by atoms with Gasteiger partial charge < -0.3 is 20.4 Å². The van der Waals surface area contributed by atoms with E-state index in [-0.39, 0.29) is 48.9 Å². The Balaban J connectivity index is 1.99. The first-order valence-electron chi connectivity index (χ1n) is 12.4. The molecule has 0 bridgehead atoms. The highest BCUT2D eigenvalue weighted by atomic mass is 35.5. The summed E-state index contributed by atoms with van der Waals surface area (Å²) in [7, 11) is 0. The maximum Gasteiger partial charge on any atom is 0.305 e. The van der Waals surface area contributed by atoms with E-state index >= 15 is 0 Å². The van der Waals surface area contributed by atoms with Crippen molar-refractivity contribution in [2.24, 2.45) is 10.4 Å². The van der Waals surface area contributed by atoms with E-state index in [1.807, 2.05) is 6.92 Å². The minimum atomic E-state index is -1.01. The molecular formula is C28H33Cl2N3O5. The van der Waals surface area contributed by atoms with Gasteiger partial charge in [0.15, 0.2) is 0 Å². The van der Waals surface area contributed by atoms with E-state index in [0.717, 1.165) is 5.56 Å². The molecule has 2 aromatic rings. The van der Waals surface area contributed by atoms with Gasteiger partial charge in [-0.2, -0.15) is 0 Å². The van der Waals surface area contributed by atoms with E-state index in [0.29, 0.717) is 27.6 Å². The zero-order chi connectivity index (χ0) is 28.3. The van der Waals surface area contributed by atoms with Gasteiger partial charge in [0.1, 0.15) is 11.4 Å². The number of aliphatic hydroxyl groups excluding tert-OH is 1. The predicted molar refractivity (Wildman–Crippen MR) is 148 cm³/mol. The molecule has 0 unspecified atom stereocenters. The summed E-state index contributed by atoms with van der Waals surface area (Å²) in [6.07, 6.45) is 0.569. The fraction of sp³-hybridized carbons (Fsp3) is 0.429. The van der Waals surface area contributed by atoms with Gasteiger partial charge in [0, 0.05) is 40.7 Å². The Morgan fingerprint density at radius 2 is 1.71 bits per heavy atom. The Hall–Kier alpha value is -2.94. The quantitative estimate of drug-likeness (QED) is 0.372. The molecule has 0 spiro atoms. The van der Waals surface area contributed by atoms with Crippen LogP contribution in [-0.4, -0.2) is 57.4 Å².